The van der Waals surface area contributed by atoms with Gasteiger partial charge in [0.25, 0.3) is 0 Å². The van der Waals surface area contributed by atoms with E-state index in [1.807, 2.05) is 0 Å². The van der Waals surface area contributed by atoms with Crippen LogP contribution in [0.3, 0.4) is 0 Å². The van der Waals surface area contributed by atoms with Gasteiger partial charge in [0.2, 0.25) is 5.90 Å². The Hall–Kier alpha value is -4.08. The van der Waals surface area contributed by atoms with E-state index < -0.39 is 35.1 Å². The maximum absolute atomic E-state index is 13.3. The highest BCUT2D eigenvalue weighted by atomic mass is 19.4. The average molecular weight is 587 g/mol. The number of aliphatic hydroxyl groups is 3. The lowest BCUT2D eigenvalue weighted by Crippen LogP contribution is -2.53. The Bertz CT molecular complexity index is 1630. The Morgan fingerprint density at radius 2 is 1.77 bits per heavy atom. The summed E-state index contributed by atoms with van der Waals surface area (Å²) < 4.78 is 45.7. The molecule has 0 saturated heterocycles. The molecule has 1 saturated carbocycles. The number of benzene rings is 1. The van der Waals surface area contributed by atoms with Gasteiger partial charge in [0, 0.05) is 29.2 Å². The number of methoxy groups -OCH3 is 1. The summed E-state index contributed by atoms with van der Waals surface area (Å²) in [5.41, 5.74) is 0.731. The first kappa shape index (κ1) is 30.4. The van der Waals surface area contributed by atoms with Gasteiger partial charge >= 0.3 is 6.18 Å². The number of nitrogens with two attached hydrogens (primary N) is 1. The molecule has 43 heavy (non-hydrogen) atoms. The molecule has 5 rings (SSSR count). The van der Waals surface area contributed by atoms with Crippen LogP contribution in [-0.4, -0.2) is 77.6 Å². The average Bonchev–Trinajstić information content (AvgIpc) is 3.68. The molecule has 6 N–H and O–H groups in total. The summed E-state index contributed by atoms with van der Waals surface area (Å²) in [6, 6.07) is 5.09. The summed E-state index contributed by atoms with van der Waals surface area (Å²) in [5, 5.41) is 40.8. The van der Waals surface area contributed by atoms with Crippen LogP contribution < -0.4 is 10.6 Å². The SMILES string of the molecule is [B]C(O)(c1ccc(-c2nc(C(F)(F)F)cn2C([B])([B])O)cc1)N1c2nc(/C(C(=N)OC)=C(/N)C3CC3)ncc2C=CC1O. The first-order valence-electron chi connectivity index (χ1n) is 12.8. The molecule has 1 aromatic carbocycles. The third kappa shape index (κ3) is 5.67. The molecule has 2 aliphatic rings. The fourth-order valence-electron chi connectivity index (χ4n) is 4.64. The van der Waals surface area contributed by atoms with Crippen molar-refractivity contribution in [2.75, 3.05) is 12.0 Å². The second-order valence-corrected chi connectivity index (χ2v) is 10.2. The van der Waals surface area contributed by atoms with E-state index in [2.05, 4.69) is 15.0 Å². The van der Waals surface area contributed by atoms with Gasteiger partial charge in [-0.05, 0) is 36.5 Å². The largest absolute Gasteiger partial charge is 0.481 e. The highest BCUT2D eigenvalue weighted by Crippen LogP contribution is 2.40. The minimum Gasteiger partial charge on any atom is -0.481 e. The predicted octanol–water partition coefficient (Wildman–Crippen LogP) is 1.08. The molecule has 0 bridgehead atoms. The van der Waals surface area contributed by atoms with Crippen LogP contribution in [0, 0.1) is 11.3 Å². The molecule has 0 amide bonds. The van der Waals surface area contributed by atoms with Gasteiger partial charge in [-0.1, -0.05) is 24.3 Å². The van der Waals surface area contributed by atoms with Gasteiger partial charge in [-0.2, -0.15) is 13.2 Å². The number of nitrogens with one attached hydrogen (secondary N) is 1. The molecular formula is C26H23B3F3N7O4. The number of anilines is 1. The molecule has 2 atom stereocenters. The molecule has 1 aliphatic heterocycles. The Labute approximate surface area is 247 Å². The van der Waals surface area contributed by atoms with E-state index in [0.29, 0.717) is 22.0 Å². The number of aliphatic hydroxyl groups excluding tert-OH is 1. The maximum Gasteiger partial charge on any atom is 0.434 e. The molecule has 6 radical (unpaired) electrons. The first-order valence-corrected chi connectivity index (χ1v) is 12.8. The molecule has 11 nitrogen and oxygen atoms in total. The van der Waals surface area contributed by atoms with Crippen LogP contribution in [0.2, 0.25) is 0 Å². The quantitative estimate of drug-likeness (QED) is 0.155. The van der Waals surface area contributed by atoms with E-state index >= 15 is 0 Å². The highest BCUT2D eigenvalue weighted by molar-refractivity contribution is 6.36. The fourth-order valence-corrected chi connectivity index (χ4v) is 4.64. The van der Waals surface area contributed by atoms with Gasteiger partial charge in [0.05, 0.1) is 18.2 Å². The molecule has 1 fully saturated rings. The van der Waals surface area contributed by atoms with Crippen LogP contribution >= 0.6 is 0 Å². The Balaban J connectivity index is 1.55. The van der Waals surface area contributed by atoms with Gasteiger partial charge in [-0.3, -0.25) is 5.41 Å². The van der Waals surface area contributed by atoms with E-state index in [4.69, 9.17) is 39.4 Å². The van der Waals surface area contributed by atoms with Crippen molar-refractivity contribution in [3.05, 3.63) is 71.1 Å². The first-order chi connectivity index (χ1) is 20.0. The Morgan fingerprint density at radius 1 is 1.12 bits per heavy atom. The van der Waals surface area contributed by atoms with E-state index in [0.717, 1.165) is 17.7 Å². The second kappa shape index (κ2) is 10.6. The number of aromatic nitrogens is 4. The number of hydrogen-bond acceptors (Lipinski definition) is 10. The lowest BCUT2D eigenvalue weighted by Gasteiger charge is -2.43. The summed E-state index contributed by atoms with van der Waals surface area (Å²) >= 11 is 0. The lowest BCUT2D eigenvalue weighted by molar-refractivity contribution is -0.141. The Kier molecular flexibility index (Phi) is 7.47. The molecular weight excluding hydrogens is 564 g/mol. The van der Waals surface area contributed by atoms with Crippen molar-refractivity contribution in [3.8, 4) is 11.4 Å². The summed E-state index contributed by atoms with van der Waals surface area (Å²) in [4.78, 5) is 13.3. The highest BCUT2D eigenvalue weighted by Gasteiger charge is 2.40. The van der Waals surface area contributed by atoms with Gasteiger partial charge in [0.15, 0.2) is 19.4 Å². The summed E-state index contributed by atoms with van der Waals surface area (Å²) in [5.74, 6) is -0.633. The standard InChI is InChI=1S/C26H23B3F3N7O4/c1-43-20(34)18(19(33)12-2-3-12)21-35-10-14-6-9-17(40)39(23(14)37-21)24(27,41)15-7-4-13(5-8-15)22-36-16(25(30,31)32)11-38(22)26(28,29)42/h4-12,17,34,40-42H,2-3,33H2,1H3/b19-18+,34-20?. The van der Waals surface area contributed by atoms with Crippen LogP contribution in [0.1, 0.15) is 35.5 Å². The van der Waals surface area contributed by atoms with Crippen molar-refractivity contribution in [1.29, 1.82) is 5.41 Å². The molecule has 1 aliphatic carbocycles. The molecule has 17 heteroatoms. The number of rotatable bonds is 7. The minimum atomic E-state index is -4.85. The zero-order valence-corrected chi connectivity index (χ0v) is 22.6. The number of halogens is 3. The third-order valence-corrected chi connectivity index (χ3v) is 7.01. The monoisotopic (exact) mass is 587 g/mol. The van der Waals surface area contributed by atoms with Crippen LogP contribution in [0.25, 0.3) is 23.0 Å². The summed E-state index contributed by atoms with van der Waals surface area (Å²) in [6.07, 6.45) is 0.0561. The van der Waals surface area contributed by atoms with Crippen molar-refractivity contribution in [2.24, 2.45) is 11.7 Å². The van der Waals surface area contributed by atoms with Gasteiger partial charge in [-0.25, -0.2) is 15.0 Å². The van der Waals surface area contributed by atoms with Crippen LogP contribution in [0.5, 0.6) is 0 Å². The minimum absolute atomic E-state index is 0.000709. The zero-order valence-electron chi connectivity index (χ0n) is 22.6. The van der Waals surface area contributed by atoms with Crippen molar-refractivity contribution >= 4 is 46.9 Å². The van der Waals surface area contributed by atoms with E-state index in [1.54, 1.807) is 0 Å². The molecule has 0 spiro atoms. The summed E-state index contributed by atoms with van der Waals surface area (Å²) in [6.45, 7) is 0. The fraction of sp³-hybridized carbons (Fsp3) is 0.308. The van der Waals surface area contributed by atoms with Crippen molar-refractivity contribution in [1.82, 2.24) is 19.5 Å². The molecule has 216 valence electrons. The van der Waals surface area contributed by atoms with Crippen molar-refractivity contribution < 1.29 is 33.2 Å². The van der Waals surface area contributed by atoms with Crippen molar-refractivity contribution in [3.63, 3.8) is 0 Å². The number of imidazole rings is 1. The molecule has 2 unspecified atom stereocenters. The number of hydrogen-bond donors (Lipinski definition) is 5. The van der Waals surface area contributed by atoms with Gasteiger partial charge in [0.1, 0.15) is 39.2 Å². The number of alkyl halides is 3. The smallest absolute Gasteiger partial charge is 0.434 e. The topological polar surface area (TPSA) is 167 Å². The lowest BCUT2D eigenvalue weighted by atomic mass is 9.73. The van der Waals surface area contributed by atoms with Crippen LogP contribution in [-0.2, 0) is 22.1 Å². The van der Waals surface area contributed by atoms with Gasteiger partial charge < -0.3 is 35.3 Å². The van der Waals surface area contributed by atoms with E-state index in [1.165, 1.54) is 49.7 Å². The zero-order chi connectivity index (χ0) is 31.5. The maximum atomic E-state index is 13.3. The van der Waals surface area contributed by atoms with Crippen LogP contribution in [0.4, 0.5) is 19.0 Å². The number of fused-ring (bicyclic) bond motifs is 1. The number of nitrogens with zero attached hydrogens (tertiary/aromatic N) is 5. The normalized spacial score (nSPS) is 19.0. The summed E-state index contributed by atoms with van der Waals surface area (Å²) in [7, 11) is 18.6. The van der Waals surface area contributed by atoms with Crippen LogP contribution in [0.15, 0.2) is 48.4 Å². The van der Waals surface area contributed by atoms with E-state index in [9.17, 15) is 28.5 Å². The van der Waals surface area contributed by atoms with Gasteiger partial charge in [-0.15, -0.1) is 0 Å². The Morgan fingerprint density at radius 3 is 2.33 bits per heavy atom. The molecule has 3 heterocycles. The van der Waals surface area contributed by atoms with E-state index in [-0.39, 0.29) is 40.2 Å². The third-order valence-electron chi connectivity index (χ3n) is 7.01. The second-order valence-electron chi connectivity index (χ2n) is 10.2. The predicted molar refractivity (Wildman–Crippen MR) is 152 cm³/mol. The number of ether oxygens (including phenoxy) is 1. The molecule has 2 aromatic heterocycles. The van der Waals surface area contributed by atoms with Crippen molar-refractivity contribution in [2.45, 2.75) is 36.4 Å². The number of allylic oxidation sites excluding steroid dienone is 1. The molecule has 3 aromatic rings.